The lowest BCUT2D eigenvalue weighted by Gasteiger charge is -2.13. The molecule has 0 amide bonds. The Hall–Kier alpha value is -0.870. The van der Waals surface area contributed by atoms with Crippen molar-refractivity contribution in [1.29, 1.82) is 0 Å². The Morgan fingerprint density at radius 2 is 2.36 bits per heavy atom. The molecule has 1 aromatic heterocycles. The van der Waals surface area contributed by atoms with E-state index in [1.165, 1.54) is 5.06 Å². The number of hydrogen-bond acceptors (Lipinski definition) is 4. The van der Waals surface area contributed by atoms with Crippen molar-refractivity contribution in [2.75, 3.05) is 19.2 Å². The Morgan fingerprint density at radius 1 is 1.64 bits per heavy atom. The first-order valence-electron chi connectivity index (χ1n) is 3.00. The lowest BCUT2D eigenvalue weighted by atomic mass is 10.6. The molecule has 1 heterocycles. The topological polar surface area (TPSA) is 38.2 Å². The first-order chi connectivity index (χ1) is 5.24. The Kier molecular flexibility index (Phi) is 2.62. The summed E-state index contributed by atoms with van der Waals surface area (Å²) in [5, 5.41) is 1.71. The largest absolute Gasteiger partial charge is 0.276 e. The molecule has 0 saturated carbocycles. The molecule has 0 N–H and O–H groups in total. The van der Waals surface area contributed by atoms with Crippen LogP contribution in [0, 0.1) is 0 Å². The van der Waals surface area contributed by atoms with Crippen molar-refractivity contribution in [3.8, 4) is 0 Å². The zero-order valence-electron chi connectivity index (χ0n) is 6.28. The van der Waals surface area contributed by atoms with Crippen molar-refractivity contribution in [3.63, 3.8) is 0 Å². The van der Waals surface area contributed by atoms with Crippen LogP contribution in [0.2, 0.25) is 5.28 Å². The van der Waals surface area contributed by atoms with Gasteiger partial charge in [0.15, 0.2) is 5.82 Å². The third-order valence-corrected chi connectivity index (χ3v) is 1.39. The van der Waals surface area contributed by atoms with Gasteiger partial charge in [0.2, 0.25) is 5.28 Å². The highest BCUT2D eigenvalue weighted by Crippen LogP contribution is 2.09. The summed E-state index contributed by atoms with van der Waals surface area (Å²) in [5.74, 6) is 0.632. The van der Waals surface area contributed by atoms with Gasteiger partial charge in [-0.05, 0) is 11.6 Å². The third kappa shape index (κ3) is 2.03. The molecule has 0 aliphatic heterocycles. The molecule has 0 bridgehead atoms. The van der Waals surface area contributed by atoms with E-state index in [2.05, 4.69) is 9.97 Å². The Morgan fingerprint density at radius 3 is 2.91 bits per heavy atom. The van der Waals surface area contributed by atoms with Gasteiger partial charge in [0.1, 0.15) is 0 Å². The van der Waals surface area contributed by atoms with E-state index in [4.69, 9.17) is 16.4 Å². The summed E-state index contributed by atoms with van der Waals surface area (Å²) < 4.78 is 0. The van der Waals surface area contributed by atoms with Gasteiger partial charge < -0.3 is 0 Å². The summed E-state index contributed by atoms with van der Waals surface area (Å²) in [7, 11) is 3.29. The van der Waals surface area contributed by atoms with Crippen LogP contribution in [0.1, 0.15) is 0 Å². The molecular weight excluding hydrogens is 166 g/mol. The molecule has 1 aromatic rings. The minimum atomic E-state index is 0.214. The van der Waals surface area contributed by atoms with Crippen molar-refractivity contribution in [1.82, 2.24) is 9.97 Å². The van der Waals surface area contributed by atoms with Crippen LogP contribution in [-0.4, -0.2) is 24.1 Å². The number of nitrogens with zero attached hydrogens (tertiary/aromatic N) is 3. The van der Waals surface area contributed by atoms with Gasteiger partial charge in [0.25, 0.3) is 0 Å². The highest BCUT2D eigenvalue weighted by Gasteiger charge is 2.00. The Balaban J connectivity index is 2.86. The lowest BCUT2D eigenvalue weighted by molar-refractivity contribution is 0.182. The summed E-state index contributed by atoms with van der Waals surface area (Å²) >= 11 is 5.54. The van der Waals surface area contributed by atoms with Gasteiger partial charge in [-0.2, -0.15) is 4.98 Å². The van der Waals surface area contributed by atoms with E-state index in [0.717, 1.165) is 0 Å². The zero-order chi connectivity index (χ0) is 8.27. The molecule has 0 atom stereocenters. The maximum Gasteiger partial charge on any atom is 0.224 e. The zero-order valence-corrected chi connectivity index (χ0v) is 7.04. The Bertz CT molecular complexity index is 243. The highest BCUT2D eigenvalue weighted by molar-refractivity contribution is 6.28. The second-order valence-corrected chi connectivity index (χ2v) is 2.20. The van der Waals surface area contributed by atoms with Crippen molar-refractivity contribution in [2.45, 2.75) is 0 Å². The number of rotatable bonds is 2. The van der Waals surface area contributed by atoms with Crippen molar-refractivity contribution in [2.24, 2.45) is 0 Å². The maximum atomic E-state index is 5.54. The molecular formula is C6H8ClN3O. The normalized spacial score (nSPS) is 9.73. The van der Waals surface area contributed by atoms with Crippen LogP contribution in [0.4, 0.5) is 5.82 Å². The monoisotopic (exact) mass is 173 g/mol. The summed E-state index contributed by atoms with van der Waals surface area (Å²) in [5.41, 5.74) is 0. The molecule has 1 rings (SSSR count). The van der Waals surface area contributed by atoms with Crippen LogP contribution in [-0.2, 0) is 4.84 Å². The van der Waals surface area contributed by atoms with Crippen molar-refractivity contribution >= 4 is 17.4 Å². The molecule has 0 aliphatic carbocycles. The fourth-order valence-electron chi connectivity index (χ4n) is 0.595. The molecule has 0 unspecified atom stereocenters. The fourth-order valence-corrected chi connectivity index (χ4v) is 0.738. The number of halogens is 1. The van der Waals surface area contributed by atoms with Gasteiger partial charge in [0, 0.05) is 19.3 Å². The quantitative estimate of drug-likeness (QED) is 0.497. The van der Waals surface area contributed by atoms with Gasteiger partial charge in [-0.25, -0.2) is 10.0 Å². The molecule has 60 valence electrons. The molecule has 0 fully saturated rings. The molecule has 11 heavy (non-hydrogen) atoms. The van der Waals surface area contributed by atoms with Gasteiger partial charge in [-0.15, -0.1) is 0 Å². The van der Waals surface area contributed by atoms with Crippen LogP contribution in [0.5, 0.6) is 0 Å². The minimum absolute atomic E-state index is 0.214. The Labute approximate surface area is 69.7 Å². The van der Waals surface area contributed by atoms with Gasteiger partial charge in [0.05, 0.1) is 7.11 Å². The predicted molar refractivity (Wildman–Crippen MR) is 42.5 cm³/mol. The minimum Gasteiger partial charge on any atom is -0.276 e. The van der Waals surface area contributed by atoms with E-state index in [1.54, 1.807) is 26.4 Å². The SMILES string of the molecule is CON(C)c1ccnc(Cl)n1. The molecule has 0 aromatic carbocycles. The van der Waals surface area contributed by atoms with E-state index in [-0.39, 0.29) is 5.28 Å². The number of aromatic nitrogens is 2. The second kappa shape index (κ2) is 3.50. The first-order valence-corrected chi connectivity index (χ1v) is 3.38. The number of anilines is 1. The van der Waals surface area contributed by atoms with Crippen LogP contribution in [0.3, 0.4) is 0 Å². The lowest BCUT2D eigenvalue weighted by Crippen LogP contribution is -2.16. The van der Waals surface area contributed by atoms with Crippen LogP contribution >= 0.6 is 11.6 Å². The third-order valence-electron chi connectivity index (χ3n) is 1.21. The van der Waals surface area contributed by atoms with E-state index < -0.39 is 0 Å². The summed E-state index contributed by atoms with van der Waals surface area (Å²) in [6.45, 7) is 0. The van der Waals surface area contributed by atoms with E-state index in [9.17, 15) is 0 Å². The molecule has 0 spiro atoms. The summed E-state index contributed by atoms with van der Waals surface area (Å²) in [4.78, 5) is 12.5. The molecule has 4 nitrogen and oxygen atoms in total. The summed E-state index contributed by atoms with van der Waals surface area (Å²) in [6.07, 6.45) is 1.57. The van der Waals surface area contributed by atoms with Gasteiger partial charge in [-0.1, -0.05) is 0 Å². The van der Waals surface area contributed by atoms with Crippen LogP contribution in [0.25, 0.3) is 0 Å². The molecule has 0 saturated heterocycles. The second-order valence-electron chi connectivity index (χ2n) is 1.86. The van der Waals surface area contributed by atoms with Gasteiger partial charge >= 0.3 is 0 Å². The number of hydroxylamine groups is 1. The smallest absolute Gasteiger partial charge is 0.224 e. The average Bonchev–Trinajstić information content (AvgIpc) is 2.03. The molecule has 0 radical (unpaired) electrons. The predicted octanol–water partition coefficient (Wildman–Crippen LogP) is 1.13. The van der Waals surface area contributed by atoms with E-state index >= 15 is 0 Å². The summed E-state index contributed by atoms with van der Waals surface area (Å²) in [6, 6.07) is 1.70. The van der Waals surface area contributed by atoms with E-state index in [1.807, 2.05) is 0 Å². The molecule has 5 heteroatoms. The maximum absolute atomic E-state index is 5.54. The van der Waals surface area contributed by atoms with Crippen molar-refractivity contribution in [3.05, 3.63) is 17.5 Å². The average molecular weight is 174 g/mol. The fraction of sp³-hybridized carbons (Fsp3) is 0.333. The molecule has 0 aliphatic rings. The van der Waals surface area contributed by atoms with Crippen LogP contribution < -0.4 is 5.06 Å². The standard InChI is InChI=1S/C6H8ClN3O/c1-10(11-2)5-3-4-8-6(7)9-5/h3-4H,1-2H3. The van der Waals surface area contributed by atoms with Gasteiger partial charge in [-0.3, -0.25) is 4.84 Å². The van der Waals surface area contributed by atoms with E-state index in [0.29, 0.717) is 5.82 Å². The first kappa shape index (κ1) is 8.23. The van der Waals surface area contributed by atoms with Crippen LogP contribution in [0.15, 0.2) is 12.3 Å². The highest BCUT2D eigenvalue weighted by atomic mass is 35.5. The van der Waals surface area contributed by atoms with Crippen molar-refractivity contribution < 1.29 is 4.84 Å². The number of hydrogen-bond donors (Lipinski definition) is 0.